The topological polar surface area (TPSA) is 29.1 Å². The summed E-state index contributed by atoms with van der Waals surface area (Å²) in [7, 11) is 0. The minimum absolute atomic E-state index is 0.0432. The molecule has 2 aromatic rings. The molecule has 0 aliphatic heterocycles. The second-order valence-corrected chi connectivity index (χ2v) is 5.21. The molecule has 0 spiro atoms. The molecule has 110 valence electrons. The van der Waals surface area contributed by atoms with E-state index in [-0.39, 0.29) is 18.1 Å². The Bertz CT molecular complexity index is 624. The van der Waals surface area contributed by atoms with Gasteiger partial charge in [0.05, 0.1) is 6.42 Å². The predicted octanol–water partition coefficient (Wildman–Crippen LogP) is 4.52. The van der Waals surface area contributed by atoms with Gasteiger partial charge in [0.1, 0.15) is 5.82 Å². The molecule has 1 unspecified atom stereocenters. The van der Waals surface area contributed by atoms with Crippen LogP contribution >= 0.6 is 0 Å². The van der Waals surface area contributed by atoms with E-state index in [1.54, 1.807) is 18.2 Å². The molecule has 0 aliphatic carbocycles. The molecule has 2 rings (SSSR count). The zero-order chi connectivity index (χ0) is 15.2. The van der Waals surface area contributed by atoms with Crippen molar-refractivity contribution in [3.05, 3.63) is 65.5 Å². The summed E-state index contributed by atoms with van der Waals surface area (Å²) >= 11 is 0. The third-order valence-electron chi connectivity index (χ3n) is 3.69. The highest BCUT2D eigenvalue weighted by atomic mass is 19.1. The van der Waals surface area contributed by atoms with Crippen molar-refractivity contribution in [1.29, 1.82) is 0 Å². The monoisotopic (exact) mass is 285 g/mol. The van der Waals surface area contributed by atoms with Gasteiger partial charge < -0.3 is 5.32 Å². The second kappa shape index (κ2) is 7.02. The van der Waals surface area contributed by atoms with Crippen molar-refractivity contribution in [2.24, 2.45) is 0 Å². The molecule has 2 aromatic carbocycles. The van der Waals surface area contributed by atoms with Crippen LogP contribution in [-0.2, 0) is 11.2 Å². The molecule has 0 saturated carbocycles. The van der Waals surface area contributed by atoms with Crippen molar-refractivity contribution < 1.29 is 9.18 Å². The van der Waals surface area contributed by atoms with E-state index in [1.165, 1.54) is 6.07 Å². The Morgan fingerprint density at radius 3 is 2.52 bits per heavy atom. The van der Waals surface area contributed by atoms with E-state index in [2.05, 4.69) is 19.2 Å². The lowest BCUT2D eigenvalue weighted by atomic mass is 9.97. The van der Waals surface area contributed by atoms with Gasteiger partial charge in [-0.05, 0) is 35.6 Å². The Morgan fingerprint density at radius 2 is 1.81 bits per heavy atom. The lowest BCUT2D eigenvalue weighted by Gasteiger charge is -2.15. The van der Waals surface area contributed by atoms with Crippen LogP contribution in [0.1, 0.15) is 37.3 Å². The van der Waals surface area contributed by atoms with Crippen molar-refractivity contribution in [2.45, 2.75) is 32.6 Å². The molecular weight excluding hydrogens is 265 g/mol. The molecule has 3 heteroatoms. The molecule has 21 heavy (non-hydrogen) atoms. The van der Waals surface area contributed by atoms with Gasteiger partial charge in [0, 0.05) is 5.69 Å². The first-order valence-electron chi connectivity index (χ1n) is 7.24. The molecule has 0 fully saturated rings. The molecule has 1 atom stereocenters. The molecule has 0 heterocycles. The van der Waals surface area contributed by atoms with E-state index in [9.17, 15) is 9.18 Å². The number of anilines is 1. The average molecular weight is 285 g/mol. The first kappa shape index (κ1) is 15.2. The van der Waals surface area contributed by atoms with E-state index in [1.807, 2.05) is 24.3 Å². The van der Waals surface area contributed by atoms with Gasteiger partial charge in [0.15, 0.2) is 0 Å². The zero-order valence-corrected chi connectivity index (χ0v) is 12.4. The van der Waals surface area contributed by atoms with Crippen LogP contribution in [0.25, 0.3) is 0 Å². The molecule has 0 radical (unpaired) electrons. The van der Waals surface area contributed by atoms with Gasteiger partial charge in [-0.1, -0.05) is 50.2 Å². The van der Waals surface area contributed by atoms with E-state index >= 15 is 0 Å². The Morgan fingerprint density at radius 1 is 1.14 bits per heavy atom. The number of amides is 1. The first-order valence-corrected chi connectivity index (χ1v) is 7.24. The summed E-state index contributed by atoms with van der Waals surface area (Å²) in [5, 5.41) is 2.90. The highest BCUT2D eigenvalue weighted by molar-refractivity contribution is 5.93. The average Bonchev–Trinajstić information content (AvgIpc) is 2.49. The molecule has 0 saturated heterocycles. The maximum atomic E-state index is 13.6. The SMILES string of the molecule is CCC(C)c1ccccc1NC(=O)Cc1ccccc1F. The fraction of sp³-hybridized carbons (Fsp3) is 0.278. The highest BCUT2D eigenvalue weighted by Gasteiger charge is 2.12. The largest absolute Gasteiger partial charge is 0.326 e. The maximum absolute atomic E-state index is 13.6. The van der Waals surface area contributed by atoms with Gasteiger partial charge in [-0.2, -0.15) is 0 Å². The van der Waals surface area contributed by atoms with E-state index in [4.69, 9.17) is 0 Å². The first-order chi connectivity index (χ1) is 10.1. The van der Waals surface area contributed by atoms with Gasteiger partial charge >= 0.3 is 0 Å². The normalized spacial score (nSPS) is 12.0. The van der Waals surface area contributed by atoms with E-state index in [0.717, 1.165) is 17.7 Å². The Balaban J connectivity index is 2.12. The molecule has 0 bridgehead atoms. The van der Waals surface area contributed by atoms with Crippen molar-refractivity contribution in [2.75, 3.05) is 5.32 Å². The lowest BCUT2D eigenvalue weighted by Crippen LogP contribution is -2.16. The molecular formula is C18H20FNO. The van der Waals surface area contributed by atoms with Gasteiger partial charge in [-0.25, -0.2) is 4.39 Å². The number of hydrogen-bond donors (Lipinski definition) is 1. The Hall–Kier alpha value is -2.16. The Labute approximate surface area is 125 Å². The number of benzene rings is 2. The highest BCUT2D eigenvalue weighted by Crippen LogP contribution is 2.26. The maximum Gasteiger partial charge on any atom is 0.228 e. The number of hydrogen-bond acceptors (Lipinski definition) is 1. The quantitative estimate of drug-likeness (QED) is 0.859. The smallest absolute Gasteiger partial charge is 0.228 e. The number of carbonyl (C=O) groups excluding carboxylic acids is 1. The number of rotatable bonds is 5. The van der Waals surface area contributed by atoms with Crippen LogP contribution < -0.4 is 5.32 Å². The summed E-state index contributed by atoms with van der Waals surface area (Å²) in [5.74, 6) is -0.173. The second-order valence-electron chi connectivity index (χ2n) is 5.21. The van der Waals surface area contributed by atoms with Crippen LogP contribution in [0.2, 0.25) is 0 Å². The minimum Gasteiger partial charge on any atom is -0.326 e. The molecule has 1 amide bonds. The number of carbonyl (C=O) groups is 1. The standard InChI is InChI=1S/C18H20FNO/c1-3-13(2)15-9-5-7-11-17(15)20-18(21)12-14-8-4-6-10-16(14)19/h4-11,13H,3,12H2,1-2H3,(H,20,21). The molecule has 1 N–H and O–H groups in total. The summed E-state index contributed by atoms with van der Waals surface area (Å²) in [6.07, 6.45) is 1.04. The van der Waals surface area contributed by atoms with Crippen LogP contribution in [-0.4, -0.2) is 5.91 Å². The molecule has 0 aliphatic rings. The van der Waals surface area contributed by atoms with Crippen molar-refractivity contribution >= 4 is 11.6 Å². The Kier molecular flexibility index (Phi) is 5.09. The number of para-hydroxylation sites is 1. The summed E-state index contributed by atoms with van der Waals surface area (Å²) in [5.41, 5.74) is 2.34. The lowest BCUT2D eigenvalue weighted by molar-refractivity contribution is -0.115. The van der Waals surface area contributed by atoms with E-state index in [0.29, 0.717) is 11.5 Å². The third-order valence-corrected chi connectivity index (χ3v) is 3.69. The molecule has 0 aromatic heterocycles. The summed E-state index contributed by atoms with van der Waals surface area (Å²) in [6.45, 7) is 4.24. The third kappa shape index (κ3) is 3.91. The van der Waals surface area contributed by atoms with Crippen molar-refractivity contribution in [3.63, 3.8) is 0 Å². The van der Waals surface area contributed by atoms with Crippen LogP contribution in [0.15, 0.2) is 48.5 Å². The minimum atomic E-state index is -0.345. The van der Waals surface area contributed by atoms with Gasteiger partial charge in [-0.3, -0.25) is 4.79 Å². The van der Waals surface area contributed by atoms with Gasteiger partial charge in [-0.15, -0.1) is 0 Å². The zero-order valence-electron chi connectivity index (χ0n) is 12.4. The van der Waals surface area contributed by atoms with Crippen molar-refractivity contribution in [3.8, 4) is 0 Å². The number of halogens is 1. The molecule has 2 nitrogen and oxygen atoms in total. The summed E-state index contributed by atoms with van der Waals surface area (Å²) in [6, 6.07) is 14.1. The summed E-state index contributed by atoms with van der Waals surface area (Å²) < 4.78 is 13.6. The van der Waals surface area contributed by atoms with Crippen LogP contribution in [0.3, 0.4) is 0 Å². The van der Waals surface area contributed by atoms with Gasteiger partial charge in [0.2, 0.25) is 5.91 Å². The van der Waals surface area contributed by atoms with Crippen molar-refractivity contribution in [1.82, 2.24) is 0 Å². The summed E-state index contributed by atoms with van der Waals surface area (Å²) in [4.78, 5) is 12.1. The number of nitrogens with one attached hydrogen (secondary N) is 1. The predicted molar refractivity (Wildman–Crippen MR) is 83.9 cm³/mol. The van der Waals surface area contributed by atoms with E-state index < -0.39 is 0 Å². The van der Waals surface area contributed by atoms with Gasteiger partial charge in [0.25, 0.3) is 0 Å². The fourth-order valence-electron chi connectivity index (χ4n) is 2.27. The van der Waals surface area contributed by atoms with Crippen LogP contribution in [0, 0.1) is 5.82 Å². The fourth-order valence-corrected chi connectivity index (χ4v) is 2.27. The van der Waals surface area contributed by atoms with Crippen LogP contribution in [0.4, 0.5) is 10.1 Å². The van der Waals surface area contributed by atoms with Crippen LogP contribution in [0.5, 0.6) is 0 Å².